The summed E-state index contributed by atoms with van der Waals surface area (Å²) in [6.45, 7) is 0. The third-order valence-electron chi connectivity index (χ3n) is 6.23. The smallest absolute Gasteiger partial charge is 0.271 e. The lowest BCUT2D eigenvalue weighted by Crippen LogP contribution is -2.38. The molecule has 2 aromatic rings. The highest BCUT2D eigenvalue weighted by molar-refractivity contribution is 6.01. The van der Waals surface area contributed by atoms with Gasteiger partial charge in [-0.1, -0.05) is 6.07 Å². The Labute approximate surface area is 201 Å². The minimum Gasteiger partial charge on any atom is -0.493 e. The predicted molar refractivity (Wildman–Crippen MR) is 127 cm³/mol. The van der Waals surface area contributed by atoms with Gasteiger partial charge in [0.15, 0.2) is 17.3 Å². The summed E-state index contributed by atoms with van der Waals surface area (Å²) in [7, 11) is 4.46. The number of carbonyl (C=O) groups excluding carboxylic acids is 1. The van der Waals surface area contributed by atoms with E-state index in [1.807, 2.05) is 0 Å². The number of allylic oxidation sites excluding steroid dienone is 3. The van der Waals surface area contributed by atoms with Crippen molar-refractivity contribution in [3.05, 3.63) is 74.7 Å². The lowest BCUT2D eigenvalue weighted by molar-refractivity contribution is -0.384. The first-order valence-corrected chi connectivity index (χ1v) is 10.9. The van der Waals surface area contributed by atoms with Gasteiger partial charge in [-0.15, -0.1) is 0 Å². The molecule has 0 saturated heterocycles. The Hall–Kier alpha value is -4.52. The maximum absolute atomic E-state index is 13.3. The molecule has 0 bridgehead atoms. The van der Waals surface area contributed by atoms with Crippen molar-refractivity contribution in [2.75, 3.05) is 26.2 Å². The largest absolute Gasteiger partial charge is 0.493 e. The van der Waals surface area contributed by atoms with Crippen molar-refractivity contribution in [3.63, 3.8) is 0 Å². The van der Waals surface area contributed by atoms with E-state index in [1.54, 1.807) is 29.2 Å². The van der Waals surface area contributed by atoms with Gasteiger partial charge in [0.1, 0.15) is 5.82 Å². The van der Waals surface area contributed by atoms with Crippen LogP contribution in [0.1, 0.15) is 30.7 Å². The van der Waals surface area contributed by atoms with Crippen molar-refractivity contribution < 1.29 is 23.9 Å². The number of nitro groups is 1. The van der Waals surface area contributed by atoms with Gasteiger partial charge in [-0.2, -0.15) is 5.26 Å². The molecule has 2 N–H and O–H groups in total. The van der Waals surface area contributed by atoms with Gasteiger partial charge in [-0.3, -0.25) is 19.8 Å². The number of anilines is 1. The van der Waals surface area contributed by atoms with Crippen LogP contribution in [-0.4, -0.2) is 32.0 Å². The molecule has 0 fully saturated rings. The second kappa shape index (κ2) is 9.38. The number of nitriles is 1. The average molecular weight is 476 g/mol. The lowest BCUT2D eigenvalue weighted by Gasteiger charge is -2.39. The lowest BCUT2D eigenvalue weighted by atomic mass is 9.75. The monoisotopic (exact) mass is 476 g/mol. The first-order valence-electron chi connectivity index (χ1n) is 10.9. The third kappa shape index (κ3) is 3.91. The quantitative estimate of drug-likeness (QED) is 0.485. The van der Waals surface area contributed by atoms with E-state index in [0.29, 0.717) is 59.0 Å². The van der Waals surface area contributed by atoms with Gasteiger partial charge in [0.25, 0.3) is 5.69 Å². The Balaban J connectivity index is 1.99. The summed E-state index contributed by atoms with van der Waals surface area (Å²) in [6.07, 6.45) is 1.44. The summed E-state index contributed by atoms with van der Waals surface area (Å²) in [5.74, 6) is 0.383. The molecule has 0 spiro atoms. The molecular weight excluding hydrogens is 452 g/mol. The van der Waals surface area contributed by atoms with Crippen LogP contribution in [-0.2, 0) is 4.79 Å². The Bertz CT molecular complexity index is 1300. The van der Waals surface area contributed by atoms with Crippen LogP contribution in [0.2, 0.25) is 0 Å². The minimum absolute atomic E-state index is 0.110. The van der Waals surface area contributed by atoms with Crippen molar-refractivity contribution in [1.29, 1.82) is 5.26 Å². The maximum atomic E-state index is 13.3. The molecule has 10 heteroatoms. The topological polar surface area (TPSA) is 141 Å². The molecule has 0 unspecified atom stereocenters. The summed E-state index contributed by atoms with van der Waals surface area (Å²) in [5, 5.41) is 21.6. The normalized spacial score (nSPS) is 17.6. The molecule has 0 saturated carbocycles. The molecule has 2 aromatic carbocycles. The number of hydrogen-bond donors (Lipinski definition) is 1. The van der Waals surface area contributed by atoms with E-state index in [2.05, 4.69) is 6.07 Å². The number of ketones is 1. The number of Topliss-reactive ketones (excluding diaryl/α,β-unsaturated/α-hetero) is 1. The second-order valence-electron chi connectivity index (χ2n) is 8.05. The summed E-state index contributed by atoms with van der Waals surface area (Å²) < 4.78 is 16.4. The van der Waals surface area contributed by atoms with Crippen LogP contribution in [0.4, 0.5) is 11.4 Å². The van der Waals surface area contributed by atoms with Gasteiger partial charge >= 0.3 is 0 Å². The van der Waals surface area contributed by atoms with Crippen molar-refractivity contribution in [2.45, 2.75) is 25.2 Å². The summed E-state index contributed by atoms with van der Waals surface area (Å²) >= 11 is 0. The summed E-state index contributed by atoms with van der Waals surface area (Å²) in [4.78, 5) is 25.8. The molecular formula is C25H24N4O6. The third-order valence-corrected chi connectivity index (χ3v) is 6.23. The fraction of sp³-hybridized carbons (Fsp3) is 0.280. The summed E-state index contributed by atoms with van der Waals surface area (Å²) in [6, 6.07) is 11.5. The average Bonchev–Trinajstić information content (AvgIpc) is 2.87. The van der Waals surface area contributed by atoms with Gasteiger partial charge in [0.05, 0.1) is 49.5 Å². The molecule has 0 amide bonds. The number of nitrogens with zero attached hydrogens (tertiary/aromatic N) is 3. The van der Waals surface area contributed by atoms with Crippen LogP contribution >= 0.6 is 0 Å². The Morgan fingerprint density at radius 1 is 1.11 bits per heavy atom. The Kier molecular flexibility index (Phi) is 6.34. The molecule has 0 aromatic heterocycles. The van der Waals surface area contributed by atoms with Crippen LogP contribution in [0.25, 0.3) is 0 Å². The van der Waals surface area contributed by atoms with Crippen LogP contribution in [0.3, 0.4) is 0 Å². The molecule has 1 aliphatic heterocycles. The molecule has 35 heavy (non-hydrogen) atoms. The predicted octanol–water partition coefficient (Wildman–Crippen LogP) is 3.93. The van der Waals surface area contributed by atoms with Gasteiger partial charge in [0, 0.05) is 29.8 Å². The number of hydrogen-bond acceptors (Lipinski definition) is 9. The van der Waals surface area contributed by atoms with E-state index >= 15 is 0 Å². The highest BCUT2D eigenvalue weighted by Crippen LogP contribution is 2.49. The van der Waals surface area contributed by atoms with E-state index in [1.165, 1.54) is 33.5 Å². The molecule has 0 radical (unpaired) electrons. The van der Waals surface area contributed by atoms with Crippen LogP contribution in [0.15, 0.2) is 59.1 Å². The number of nitro benzene ring substituents is 1. The SMILES string of the molecule is COc1cc([C@@H]2C(C#N)=C(N)N(c3cccc([N+](=O)[O-])c3)C3=C2C(=O)CCC3)cc(OC)c1OC. The fourth-order valence-electron chi connectivity index (χ4n) is 4.73. The van der Waals surface area contributed by atoms with Crippen LogP contribution in [0, 0.1) is 21.4 Å². The van der Waals surface area contributed by atoms with Crippen LogP contribution in [0.5, 0.6) is 17.2 Å². The standard InChI is InChI=1S/C25H24N4O6/c1-33-20-10-14(11-21(34-2)24(20)35-3)22-17(13-26)25(27)28(18-8-5-9-19(30)23(18)22)15-6-4-7-16(12-15)29(31)32/h4,6-7,10-12,22H,5,8-9,27H2,1-3H3/t22-/m1/s1. The minimum atomic E-state index is -0.758. The first-order chi connectivity index (χ1) is 16.9. The zero-order valence-electron chi connectivity index (χ0n) is 19.5. The van der Waals surface area contributed by atoms with E-state index in [-0.39, 0.29) is 22.9 Å². The number of methoxy groups -OCH3 is 3. The second-order valence-corrected chi connectivity index (χ2v) is 8.05. The van der Waals surface area contributed by atoms with Crippen molar-refractivity contribution in [1.82, 2.24) is 0 Å². The zero-order chi connectivity index (χ0) is 25.3. The maximum Gasteiger partial charge on any atom is 0.271 e. The Morgan fingerprint density at radius 2 is 1.80 bits per heavy atom. The number of benzene rings is 2. The number of non-ortho nitro benzene ring substituents is 1. The van der Waals surface area contributed by atoms with E-state index < -0.39 is 10.8 Å². The molecule has 1 atom stereocenters. The van der Waals surface area contributed by atoms with Crippen molar-refractivity contribution >= 4 is 17.2 Å². The van der Waals surface area contributed by atoms with Gasteiger partial charge in [-0.05, 0) is 36.6 Å². The molecule has 1 heterocycles. The highest BCUT2D eigenvalue weighted by atomic mass is 16.6. The van der Waals surface area contributed by atoms with Crippen molar-refractivity contribution in [2.24, 2.45) is 5.73 Å². The molecule has 180 valence electrons. The van der Waals surface area contributed by atoms with Gasteiger partial charge in [0.2, 0.25) is 5.75 Å². The van der Waals surface area contributed by atoms with Crippen LogP contribution < -0.4 is 24.8 Å². The fourth-order valence-corrected chi connectivity index (χ4v) is 4.73. The highest BCUT2D eigenvalue weighted by Gasteiger charge is 2.41. The zero-order valence-corrected chi connectivity index (χ0v) is 19.5. The Morgan fingerprint density at radius 3 is 2.37 bits per heavy atom. The number of rotatable bonds is 6. The first kappa shape index (κ1) is 23.6. The van der Waals surface area contributed by atoms with E-state index in [9.17, 15) is 20.2 Å². The van der Waals surface area contributed by atoms with Gasteiger partial charge in [-0.25, -0.2) is 0 Å². The van der Waals surface area contributed by atoms with E-state index in [0.717, 1.165) is 0 Å². The van der Waals surface area contributed by atoms with Crippen molar-refractivity contribution in [3.8, 4) is 23.3 Å². The summed E-state index contributed by atoms with van der Waals surface area (Å²) in [5.41, 5.74) is 8.63. The van der Waals surface area contributed by atoms with E-state index in [4.69, 9.17) is 19.9 Å². The number of ether oxygens (including phenoxy) is 3. The number of nitrogens with two attached hydrogens (primary N) is 1. The molecule has 10 nitrogen and oxygen atoms in total. The molecule has 1 aliphatic carbocycles. The molecule has 2 aliphatic rings. The number of carbonyl (C=O) groups is 1. The molecule has 4 rings (SSSR count). The van der Waals surface area contributed by atoms with Gasteiger partial charge < -0.3 is 19.9 Å².